The van der Waals surface area contributed by atoms with E-state index in [2.05, 4.69) is 34.5 Å². The zero-order valence-corrected chi connectivity index (χ0v) is 15.3. The summed E-state index contributed by atoms with van der Waals surface area (Å²) in [5.41, 5.74) is 1.28. The molecule has 1 aromatic rings. The first-order chi connectivity index (χ1) is 12.0. The molecule has 2 unspecified atom stereocenters. The van der Waals surface area contributed by atoms with Crippen molar-refractivity contribution in [3.63, 3.8) is 0 Å². The van der Waals surface area contributed by atoms with Gasteiger partial charge in [0.1, 0.15) is 6.04 Å². The molecular formula is C20H29N3O2. The van der Waals surface area contributed by atoms with Crippen LogP contribution >= 0.6 is 0 Å². The molecule has 3 rings (SSSR count). The van der Waals surface area contributed by atoms with E-state index in [1.54, 1.807) is 0 Å². The number of likely N-dealkylation sites (tertiary alicyclic amines) is 2. The Labute approximate surface area is 150 Å². The van der Waals surface area contributed by atoms with E-state index in [-0.39, 0.29) is 29.8 Å². The lowest BCUT2D eigenvalue weighted by Gasteiger charge is -2.32. The van der Waals surface area contributed by atoms with Gasteiger partial charge < -0.3 is 10.2 Å². The minimum absolute atomic E-state index is 0.0154. The number of nitrogens with zero attached hydrogens (tertiary/aromatic N) is 2. The van der Waals surface area contributed by atoms with Crippen molar-refractivity contribution in [2.45, 2.75) is 51.7 Å². The largest absolute Gasteiger partial charge is 0.344 e. The highest BCUT2D eigenvalue weighted by Gasteiger charge is 2.36. The van der Waals surface area contributed by atoms with Crippen LogP contribution in [0.25, 0.3) is 0 Å². The molecule has 0 aliphatic carbocycles. The zero-order chi connectivity index (χ0) is 17.8. The number of amides is 2. The Morgan fingerprint density at radius 3 is 2.64 bits per heavy atom. The maximum Gasteiger partial charge on any atom is 0.245 e. The van der Waals surface area contributed by atoms with Crippen LogP contribution in [0.2, 0.25) is 0 Å². The van der Waals surface area contributed by atoms with E-state index in [9.17, 15) is 9.59 Å². The Bertz CT molecular complexity index is 602. The van der Waals surface area contributed by atoms with E-state index in [1.807, 2.05) is 24.8 Å². The molecule has 5 nitrogen and oxygen atoms in total. The van der Waals surface area contributed by atoms with Crippen molar-refractivity contribution < 1.29 is 9.59 Å². The molecule has 1 aromatic carbocycles. The Balaban J connectivity index is 1.53. The summed E-state index contributed by atoms with van der Waals surface area (Å²) in [6, 6.07) is 10.2. The van der Waals surface area contributed by atoms with Crippen molar-refractivity contribution in [2.75, 3.05) is 19.6 Å². The fourth-order valence-corrected chi connectivity index (χ4v) is 3.89. The van der Waals surface area contributed by atoms with Crippen molar-refractivity contribution in [1.82, 2.24) is 15.1 Å². The lowest BCUT2D eigenvalue weighted by molar-refractivity contribution is -0.135. The maximum atomic E-state index is 12.7. The maximum absolute atomic E-state index is 12.7. The number of benzene rings is 1. The molecular weight excluding hydrogens is 314 g/mol. The number of rotatable bonds is 5. The van der Waals surface area contributed by atoms with Gasteiger partial charge in [0.05, 0.1) is 5.92 Å². The number of piperidine rings is 1. The minimum atomic E-state index is -0.334. The summed E-state index contributed by atoms with van der Waals surface area (Å²) < 4.78 is 0. The Morgan fingerprint density at radius 1 is 1.20 bits per heavy atom. The van der Waals surface area contributed by atoms with Gasteiger partial charge in [0, 0.05) is 25.7 Å². The second-order valence-corrected chi connectivity index (χ2v) is 7.54. The first kappa shape index (κ1) is 17.9. The molecule has 2 amide bonds. The van der Waals surface area contributed by atoms with Gasteiger partial charge in [-0.3, -0.25) is 14.5 Å². The molecule has 0 saturated carbocycles. The number of hydrogen-bond acceptors (Lipinski definition) is 3. The van der Waals surface area contributed by atoms with Crippen LogP contribution < -0.4 is 5.32 Å². The third-order valence-electron chi connectivity index (χ3n) is 5.30. The fraction of sp³-hybridized carbons (Fsp3) is 0.600. The third-order valence-corrected chi connectivity index (χ3v) is 5.30. The molecule has 136 valence electrons. The van der Waals surface area contributed by atoms with E-state index in [4.69, 9.17) is 0 Å². The summed E-state index contributed by atoms with van der Waals surface area (Å²) >= 11 is 0. The van der Waals surface area contributed by atoms with Gasteiger partial charge in [-0.2, -0.15) is 0 Å². The molecule has 5 heteroatoms. The normalized spacial score (nSPS) is 24.8. The molecule has 25 heavy (non-hydrogen) atoms. The molecule has 0 aromatic heterocycles. The summed E-state index contributed by atoms with van der Waals surface area (Å²) in [5, 5.41) is 3.01. The van der Waals surface area contributed by atoms with Crippen molar-refractivity contribution in [2.24, 2.45) is 5.92 Å². The van der Waals surface area contributed by atoms with Crippen molar-refractivity contribution >= 4 is 11.8 Å². The van der Waals surface area contributed by atoms with E-state index in [0.29, 0.717) is 0 Å². The first-order valence-electron chi connectivity index (χ1n) is 9.41. The van der Waals surface area contributed by atoms with Crippen LogP contribution in [0.15, 0.2) is 30.3 Å². The first-order valence-corrected chi connectivity index (χ1v) is 9.41. The van der Waals surface area contributed by atoms with Crippen LogP contribution in [-0.4, -0.2) is 53.3 Å². The van der Waals surface area contributed by atoms with Crippen LogP contribution in [0.5, 0.6) is 0 Å². The Morgan fingerprint density at radius 2 is 1.96 bits per heavy atom. The quantitative estimate of drug-likeness (QED) is 0.890. The highest BCUT2D eigenvalue weighted by Crippen LogP contribution is 2.20. The Kier molecular flexibility index (Phi) is 5.74. The second kappa shape index (κ2) is 8.00. The fourth-order valence-electron chi connectivity index (χ4n) is 3.89. The monoisotopic (exact) mass is 343 g/mol. The van der Waals surface area contributed by atoms with E-state index < -0.39 is 0 Å². The molecule has 0 radical (unpaired) electrons. The van der Waals surface area contributed by atoms with Gasteiger partial charge in [0.15, 0.2) is 0 Å². The average molecular weight is 343 g/mol. The van der Waals surface area contributed by atoms with Gasteiger partial charge in [0.2, 0.25) is 11.8 Å². The second-order valence-electron chi connectivity index (χ2n) is 7.54. The van der Waals surface area contributed by atoms with Crippen LogP contribution in [0.3, 0.4) is 0 Å². The molecule has 2 aliphatic rings. The molecule has 2 atom stereocenters. The molecule has 1 N–H and O–H groups in total. The lowest BCUT2D eigenvalue weighted by atomic mass is 9.96. The number of carbonyl (C=O) groups excluding carboxylic acids is 2. The smallest absolute Gasteiger partial charge is 0.245 e. The predicted molar refractivity (Wildman–Crippen MR) is 97.8 cm³/mol. The average Bonchev–Trinajstić information content (AvgIpc) is 2.97. The molecule has 2 fully saturated rings. The standard InChI is InChI=1S/C20H29N3O2/c1-15(2)23-12-10-18(20(23)25)21-19(24)17-9-6-11-22(14-17)13-16-7-4-3-5-8-16/h3-5,7-8,15,17-18H,6,9-14H2,1-2H3,(H,21,24). The molecule has 0 spiro atoms. The minimum Gasteiger partial charge on any atom is -0.344 e. The molecule has 0 bridgehead atoms. The van der Waals surface area contributed by atoms with Crippen LogP contribution in [-0.2, 0) is 16.1 Å². The van der Waals surface area contributed by atoms with E-state index >= 15 is 0 Å². The Hall–Kier alpha value is -1.88. The van der Waals surface area contributed by atoms with Gasteiger partial charge in [-0.1, -0.05) is 30.3 Å². The van der Waals surface area contributed by atoms with Crippen LogP contribution in [0.1, 0.15) is 38.7 Å². The summed E-state index contributed by atoms with van der Waals surface area (Å²) in [7, 11) is 0. The summed E-state index contributed by atoms with van der Waals surface area (Å²) in [4.78, 5) is 29.2. The number of hydrogen-bond donors (Lipinski definition) is 1. The van der Waals surface area contributed by atoms with Gasteiger partial charge in [-0.05, 0) is 45.2 Å². The SMILES string of the molecule is CC(C)N1CCC(NC(=O)C2CCCN(Cc3ccccc3)C2)C1=O. The zero-order valence-electron chi connectivity index (χ0n) is 15.3. The van der Waals surface area contributed by atoms with Gasteiger partial charge in [-0.25, -0.2) is 0 Å². The number of carbonyl (C=O) groups is 2. The number of nitrogens with one attached hydrogen (secondary N) is 1. The van der Waals surface area contributed by atoms with Crippen molar-refractivity contribution in [3.05, 3.63) is 35.9 Å². The third kappa shape index (κ3) is 4.40. The molecule has 2 aliphatic heterocycles. The van der Waals surface area contributed by atoms with E-state index in [0.717, 1.165) is 45.4 Å². The van der Waals surface area contributed by atoms with Crippen LogP contribution in [0.4, 0.5) is 0 Å². The highest BCUT2D eigenvalue weighted by atomic mass is 16.2. The molecule has 2 saturated heterocycles. The van der Waals surface area contributed by atoms with Gasteiger partial charge in [-0.15, -0.1) is 0 Å². The van der Waals surface area contributed by atoms with Crippen molar-refractivity contribution in [3.8, 4) is 0 Å². The highest BCUT2D eigenvalue weighted by molar-refractivity contribution is 5.90. The van der Waals surface area contributed by atoms with Crippen molar-refractivity contribution in [1.29, 1.82) is 0 Å². The van der Waals surface area contributed by atoms with Crippen LogP contribution in [0, 0.1) is 5.92 Å². The summed E-state index contributed by atoms with van der Waals surface area (Å²) in [6.07, 6.45) is 2.66. The lowest BCUT2D eigenvalue weighted by Crippen LogP contribution is -2.48. The van der Waals surface area contributed by atoms with Gasteiger partial charge >= 0.3 is 0 Å². The summed E-state index contributed by atoms with van der Waals surface area (Å²) in [6.45, 7) is 7.47. The topological polar surface area (TPSA) is 52.7 Å². The summed E-state index contributed by atoms with van der Waals surface area (Å²) in [5.74, 6) is 0.0976. The molecule has 2 heterocycles. The predicted octanol–water partition coefficient (Wildman–Crippen LogP) is 2.02. The van der Waals surface area contributed by atoms with E-state index in [1.165, 1.54) is 5.56 Å². The van der Waals surface area contributed by atoms with Gasteiger partial charge in [0.25, 0.3) is 0 Å².